The molecule has 2 aromatic rings. The summed E-state index contributed by atoms with van der Waals surface area (Å²) in [5.41, 5.74) is 3.30. The molecule has 1 saturated heterocycles. The summed E-state index contributed by atoms with van der Waals surface area (Å²) >= 11 is 0. The minimum atomic E-state index is -3.74. The normalized spacial score (nSPS) is 17.2. The summed E-state index contributed by atoms with van der Waals surface area (Å²) in [7, 11) is -3.74. The van der Waals surface area contributed by atoms with E-state index in [4.69, 9.17) is 4.74 Å². The van der Waals surface area contributed by atoms with Crippen molar-refractivity contribution in [2.24, 2.45) is 5.92 Å². The van der Waals surface area contributed by atoms with E-state index in [2.05, 4.69) is 10.6 Å². The Hall–Kier alpha value is -2.91. The lowest BCUT2D eigenvalue weighted by molar-refractivity contribution is -0.121. The first-order valence-corrected chi connectivity index (χ1v) is 12.2. The van der Waals surface area contributed by atoms with Crippen LogP contribution in [0.2, 0.25) is 0 Å². The van der Waals surface area contributed by atoms with Crippen LogP contribution in [-0.4, -0.2) is 44.2 Å². The van der Waals surface area contributed by atoms with Crippen molar-refractivity contribution in [2.75, 3.05) is 30.3 Å². The second-order valence-corrected chi connectivity index (χ2v) is 10.1. The Bertz CT molecular complexity index is 1150. The molecule has 2 aliphatic rings. The Morgan fingerprint density at radius 1 is 1.22 bits per heavy atom. The molecule has 0 atom stereocenters. The zero-order valence-corrected chi connectivity index (χ0v) is 19.0. The highest BCUT2D eigenvalue weighted by Gasteiger charge is 2.33. The van der Waals surface area contributed by atoms with E-state index in [0.717, 1.165) is 23.2 Å². The van der Waals surface area contributed by atoms with Gasteiger partial charge in [0.15, 0.2) is 6.61 Å². The quantitative estimate of drug-likeness (QED) is 0.718. The molecule has 2 N–H and O–H groups in total. The third-order valence-corrected chi connectivity index (χ3v) is 7.93. The Balaban J connectivity index is 1.43. The topological polar surface area (TPSA) is 105 Å². The van der Waals surface area contributed by atoms with Crippen LogP contribution in [0.5, 0.6) is 5.75 Å². The average Bonchev–Trinajstić information content (AvgIpc) is 2.79. The monoisotopic (exact) mass is 457 g/mol. The fourth-order valence-electron chi connectivity index (χ4n) is 4.16. The molecule has 2 amide bonds. The van der Waals surface area contributed by atoms with E-state index in [-0.39, 0.29) is 42.3 Å². The number of amides is 2. The van der Waals surface area contributed by atoms with Gasteiger partial charge in [-0.15, -0.1) is 0 Å². The van der Waals surface area contributed by atoms with Gasteiger partial charge in [-0.2, -0.15) is 4.31 Å². The zero-order chi connectivity index (χ0) is 22.9. The lowest BCUT2D eigenvalue weighted by atomic mass is 9.96. The largest absolute Gasteiger partial charge is 0.482 e. The molecule has 0 unspecified atom stereocenters. The standard InChI is InChI=1S/C23H27N3O5S/c1-3-16-6-4-5-15(2)22(16)25-23(28)17-9-11-26(12-10-17)32(29,30)18-7-8-20-19(13-18)24-21(27)14-31-20/h4-8,13,17H,3,9-12,14H2,1-2H3,(H,24,27)(H,25,28). The number of anilines is 2. The second-order valence-electron chi connectivity index (χ2n) is 8.13. The van der Waals surface area contributed by atoms with Crippen molar-refractivity contribution in [1.82, 2.24) is 4.31 Å². The van der Waals surface area contributed by atoms with E-state index in [1.807, 2.05) is 32.0 Å². The predicted molar refractivity (Wildman–Crippen MR) is 121 cm³/mol. The van der Waals surface area contributed by atoms with E-state index in [0.29, 0.717) is 24.3 Å². The first kappa shape index (κ1) is 22.3. The number of nitrogens with one attached hydrogen (secondary N) is 2. The van der Waals surface area contributed by atoms with Crippen molar-refractivity contribution in [3.8, 4) is 5.75 Å². The van der Waals surface area contributed by atoms with Gasteiger partial charge in [-0.05, 0) is 55.5 Å². The van der Waals surface area contributed by atoms with E-state index in [9.17, 15) is 18.0 Å². The molecule has 0 aromatic heterocycles. The summed E-state index contributed by atoms with van der Waals surface area (Å²) in [6, 6.07) is 10.4. The minimum absolute atomic E-state index is 0.0697. The van der Waals surface area contributed by atoms with Gasteiger partial charge in [0.2, 0.25) is 15.9 Å². The summed E-state index contributed by atoms with van der Waals surface area (Å²) in [4.78, 5) is 24.5. The molecule has 9 heteroatoms. The van der Waals surface area contributed by atoms with Crippen molar-refractivity contribution in [3.63, 3.8) is 0 Å². The molecule has 8 nitrogen and oxygen atoms in total. The number of fused-ring (bicyclic) bond motifs is 1. The number of hydrogen-bond donors (Lipinski definition) is 2. The number of sulfonamides is 1. The lowest BCUT2D eigenvalue weighted by Crippen LogP contribution is -2.41. The summed E-state index contributed by atoms with van der Waals surface area (Å²) in [5.74, 6) is -0.193. The van der Waals surface area contributed by atoms with Gasteiger partial charge in [-0.3, -0.25) is 9.59 Å². The molecule has 2 aliphatic heterocycles. The van der Waals surface area contributed by atoms with Crippen LogP contribution >= 0.6 is 0 Å². The van der Waals surface area contributed by atoms with Crippen molar-refractivity contribution in [3.05, 3.63) is 47.5 Å². The highest BCUT2D eigenvalue weighted by Crippen LogP contribution is 2.32. The highest BCUT2D eigenvalue weighted by molar-refractivity contribution is 7.89. The summed E-state index contributed by atoms with van der Waals surface area (Å²) in [6.07, 6.45) is 1.71. The van der Waals surface area contributed by atoms with E-state index < -0.39 is 10.0 Å². The van der Waals surface area contributed by atoms with Crippen LogP contribution in [-0.2, 0) is 26.0 Å². The summed E-state index contributed by atoms with van der Waals surface area (Å²) in [5, 5.41) is 5.70. The Morgan fingerprint density at radius 3 is 2.69 bits per heavy atom. The Labute approximate surface area is 188 Å². The smallest absolute Gasteiger partial charge is 0.262 e. The molecule has 0 bridgehead atoms. The van der Waals surface area contributed by atoms with Crippen LogP contribution in [0.1, 0.15) is 30.9 Å². The van der Waals surface area contributed by atoms with Gasteiger partial charge in [0.1, 0.15) is 5.75 Å². The van der Waals surface area contributed by atoms with E-state index in [1.165, 1.54) is 16.4 Å². The molecule has 32 heavy (non-hydrogen) atoms. The molecular formula is C23H27N3O5S. The van der Waals surface area contributed by atoms with Crippen molar-refractivity contribution in [2.45, 2.75) is 38.0 Å². The molecule has 2 aromatic carbocycles. The van der Waals surface area contributed by atoms with Crippen molar-refractivity contribution < 1.29 is 22.7 Å². The van der Waals surface area contributed by atoms with Gasteiger partial charge in [0, 0.05) is 24.7 Å². The van der Waals surface area contributed by atoms with Crippen LogP contribution < -0.4 is 15.4 Å². The van der Waals surface area contributed by atoms with Crippen LogP contribution in [0, 0.1) is 12.8 Å². The molecular weight excluding hydrogens is 430 g/mol. The number of benzene rings is 2. The number of aryl methyl sites for hydroxylation is 2. The molecule has 4 rings (SSSR count). The third kappa shape index (κ3) is 4.35. The first-order valence-electron chi connectivity index (χ1n) is 10.8. The van der Waals surface area contributed by atoms with Crippen LogP contribution in [0.4, 0.5) is 11.4 Å². The van der Waals surface area contributed by atoms with E-state index in [1.54, 1.807) is 6.07 Å². The predicted octanol–water partition coefficient (Wildman–Crippen LogP) is 2.93. The zero-order valence-electron chi connectivity index (χ0n) is 18.2. The fourth-order valence-corrected chi connectivity index (χ4v) is 5.65. The van der Waals surface area contributed by atoms with Gasteiger partial charge in [0.05, 0.1) is 10.6 Å². The summed E-state index contributed by atoms with van der Waals surface area (Å²) in [6.45, 7) is 4.45. The lowest BCUT2D eigenvalue weighted by Gasteiger charge is -2.31. The van der Waals surface area contributed by atoms with Gasteiger partial charge in [0.25, 0.3) is 5.91 Å². The number of nitrogens with zero attached hydrogens (tertiary/aromatic N) is 1. The number of carbonyl (C=O) groups is 2. The number of para-hydroxylation sites is 1. The Kier molecular flexibility index (Phi) is 6.21. The maximum absolute atomic E-state index is 13.1. The maximum atomic E-state index is 13.1. The molecule has 0 aliphatic carbocycles. The number of rotatable bonds is 5. The molecule has 0 spiro atoms. The molecule has 2 heterocycles. The van der Waals surface area contributed by atoms with Gasteiger partial charge >= 0.3 is 0 Å². The second kappa shape index (κ2) is 8.91. The number of ether oxygens (including phenoxy) is 1. The first-order chi connectivity index (χ1) is 15.3. The number of piperidine rings is 1. The van der Waals surface area contributed by atoms with Crippen LogP contribution in [0.3, 0.4) is 0 Å². The van der Waals surface area contributed by atoms with Gasteiger partial charge in [-0.25, -0.2) is 8.42 Å². The number of carbonyl (C=O) groups excluding carboxylic acids is 2. The SMILES string of the molecule is CCc1cccc(C)c1NC(=O)C1CCN(S(=O)(=O)c2ccc3c(c2)NC(=O)CO3)CC1. The van der Waals surface area contributed by atoms with Gasteiger partial charge in [-0.1, -0.05) is 25.1 Å². The minimum Gasteiger partial charge on any atom is -0.482 e. The molecule has 170 valence electrons. The van der Waals surface area contributed by atoms with Crippen LogP contribution in [0.15, 0.2) is 41.3 Å². The maximum Gasteiger partial charge on any atom is 0.262 e. The fraction of sp³-hybridized carbons (Fsp3) is 0.391. The highest BCUT2D eigenvalue weighted by atomic mass is 32.2. The van der Waals surface area contributed by atoms with Gasteiger partial charge < -0.3 is 15.4 Å². The molecule has 0 saturated carbocycles. The third-order valence-electron chi connectivity index (χ3n) is 6.03. The Morgan fingerprint density at radius 2 is 1.97 bits per heavy atom. The number of hydrogen-bond acceptors (Lipinski definition) is 5. The molecule has 0 radical (unpaired) electrons. The van der Waals surface area contributed by atoms with Crippen molar-refractivity contribution in [1.29, 1.82) is 0 Å². The van der Waals surface area contributed by atoms with Crippen molar-refractivity contribution >= 4 is 33.2 Å². The molecule has 1 fully saturated rings. The average molecular weight is 458 g/mol. The summed E-state index contributed by atoms with van der Waals surface area (Å²) < 4.78 is 32.9. The van der Waals surface area contributed by atoms with E-state index >= 15 is 0 Å². The van der Waals surface area contributed by atoms with Crippen LogP contribution in [0.25, 0.3) is 0 Å².